The van der Waals surface area contributed by atoms with Crippen LogP contribution in [-0.2, 0) is 6.42 Å². The van der Waals surface area contributed by atoms with Crippen molar-refractivity contribution in [3.05, 3.63) is 20.7 Å². The highest BCUT2D eigenvalue weighted by molar-refractivity contribution is 7.09. The number of hydrogen-bond donors (Lipinski definition) is 1. The van der Waals surface area contributed by atoms with Gasteiger partial charge in [-0.25, -0.2) is 0 Å². The standard InChI is InChI=1S/C9H15NOS/c1-9(2,3)5-4-7-6-10-8(11)12-7/h6H,4-5H2,1-3H3,(H,10,11). The highest BCUT2D eigenvalue weighted by Crippen LogP contribution is 2.21. The Morgan fingerprint density at radius 1 is 1.50 bits per heavy atom. The maximum Gasteiger partial charge on any atom is 0.304 e. The lowest BCUT2D eigenvalue weighted by Gasteiger charge is -2.16. The first-order valence-corrected chi connectivity index (χ1v) is 4.96. The first-order valence-electron chi connectivity index (χ1n) is 4.15. The van der Waals surface area contributed by atoms with E-state index in [-0.39, 0.29) is 4.87 Å². The molecule has 1 rings (SSSR count). The zero-order chi connectivity index (χ0) is 9.19. The Kier molecular flexibility index (Phi) is 2.73. The Morgan fingerprint density at radius 2 is 2.17 bits per heavy atom. The van der Waals surface area contributed by atoms with Crippen molar-refractivity contribution in [3.8, 4) is 0 Å². The molecule has 0 amide bonds. The van der Waals surface area contributed by atoms with Crippen LogP contribution in [0.1, 0.15) is 32.1 Å². The molecule has 0 unspecified atom stereocenters. The zero-order valence-electron chi connectivity index (χ0n) is 7.81. The van der Waals surface area contributed by atoms with Crippen LogP contribution in [0.5, 0.6) is 0 Å². The van der Waals surface area contributed by atoms with Gasteiger partial charge in [-0.1, -0.05) is 32.1 Å². The maximum absolute atomic E-state index is 10.8. The summed E-state index contributed by atoms with van der Waals surface area (Å²) in [7, 11) is 0. The molecule has 0 aromatic carbocycles. The molecule has 1 heterocycles. The molecule has 0 aliphatic heterocycles. The molecule has 0 saturated heterocycles. The maximum atomic E-state index is 10.8. The van der Waals surface area contributed by atoms with Crippen molar-refractivity contribution >= 4 is 11.3 Å². The van der Waals surface area contributed by atoms with E-state index in [1.165, 1.54) is 11.3 Å². The van der Waals surface area contributed by atoms with E-state index in [0.29, 0.717) is 5.41 Å². The quantitative estimate of drug-likeness (QED) is 0.754. The van der Waals surface area contributed by atoms with E-state index in [4.69, 9.17) is 0 Å². The fraction of sp³-hybridized carbons (Fsp3) is 0.667. The summed E-state index contributed by atoms with van der Waals surface area (Å²) in [6, 6.07) is 0. The van der Waals surface area contributed by atoms with Crippen LogP contribution in [-0.4, -0.2) is 4.98 Å². The van der Waals surface area contributed by atoms with E-state index in [1.54, 1.807) is 0 Å². The van der Waals surface area contributed by atoms with Crippen molar-refractivity contribution in [2.75, 3.05) is 0 Å². The number of aromatic amines is 1. The number of H-pyrrole nitrogens is 1. The predicted molar refractivity (Wildman–Crippen MR) is 52.7 cm³/mol. The lowest BCUT2D eigenvalue weighted by atomic mass is 9.90. The number of aromatic nitrogens is 1. The average molecular weight is 185 g/mol. The molecule has 0 saturated carbocycles. The van der Waals surface area contributed by atoms with Crippen molar-refractivity contribution in [2.24, 2.45) is 5.41 Å². The van der Waals surface area contributed by atoms with Crippen molar-refractivity contribution < 1.29 is 0 Å². The molecule has 2 nitrogen and oxygen atoms in total. The first-order chi connectivity index (χ1) is 5.47. The fourth-order valence-electron chi connectivity index (χ4n) is 0.939. The van der Waals surface area contributed by atoms with Crippen LogP contribution in [0, 0.1) is 5.41 Å². The lowest BCUT2D eigenvalue weighted by molar-refractivity contribution is 0.379. The second-order valence-corrected chi connectivity index (χ2v) is 5.30. The highest BCUT2D eigenvalue weighted by atomic mass is 32.1. The third-order valence-electron chi connectivity index (χ3n) is 1.70. The SMILES string of the molecule is CC(C)(C)CCc1c[nH]c(=O)s1. The number of nitrogens with one attached hydrogen (secondary N) is 1. The molecule has 0 bridgehead atoms. The van der Waals surface area contributed by atoms with E-state index in [9.17, 15) is 4.79 Å². The molecule has 0 atom stereocenters. The van der Waals surface area contributed by atoms with Gasteiger partial charge < -0.3 is 4.98 Å². The van der Waals surface area contributed by atoms with Crippen molar-refractivity contribution in [2.45, 2.75) is 33.6 Å². The highest BCUT2D eigenvalue weighted by Gasteiger charge is 2.10. The Morgan fingerprint density at radius 3 is 2.58 bits per heavy atom. The van der Waals surface area contributed by atoms with Gasteiger partial charge in [0.15, 0.2) is 0 Å². The Labute approximate surface area is 76.6 Å². The van der Waals surface area contributed by atoms with E-state index in [0.717, 1.165) is 17.7 Å². The number of rotatable bonds is 2. The van der Waals surface area contributed by atoms with Gasteiger partial charge >= 0.3 is 4.87 Å². The van der Waals surface area contributed by atoms with Crippen LogP contribution in [0.4, 0.5) is 0 Å². The van der Waals surface area contributed by atoms with Crippen LogP contribution >= 0.6 is 11.3 Å². The van der Waals surface area contributed by atoms with Crippen molar-refractivity contribution in [3.63, 3.8) is 0 Å². The molecule has 0 aliphatic rings. The minimum Gasteiger partial charge on any atom is -0.319 e. The van der Waals surface area contributed by atoms with Gasteiger partial charge in [-0.15, -0.1) is 0 Å². The third-order valence-corrected chi connectivity index (χ3v) is 2.58. The lowest BCUT2D eigenvalue weighted by Crippen LogP contribution is -2.05. The molecule has 0 fully saturated rings. The van der Waals surface area contributed by atoms with Gasteiger partial charge in [0.2, 0.25) is 0 Å². The Hall–Kier alpha value is -0.570. The molecule has 1 N–H and O–H groups in total. The largest absolute Gasteiger partial charge is 0.319 e. The van der Waals surface area contributed by atoms with Crippen LogP contribution in [0.3, 0.4) is 0 Å². The first kappa shape index (κ1) is 9.52. The van der Waals surface area contributed by atoms with E-state index < -0.39 is 0 Å². The summed E-state index contributed by atoms with van der Waals surface area (Å²) in [5.41, 5.74) is 0.354. The molecule has 68 valence electrons. The summed E-state index contributed by atoms with van der Waals surface area (Å²) in [4.78, 5) is 14.7. The Bertz CT molecular complexity index is 292. The second kappa shape index (κ2) is 3.44. The van der Waals surface area contributed by atoms with Crippen LogP contribution < -0.4 is 4.87 Å². The monoisotopic (exact) mass is 185 g/mol. The number of aryl methyl sites for hydroxylation is 1. The summed E-state index contributed by atoms with van der Waals surface area (Å²) < 4.78 is 0. The van der Waals surface area contributed by atoms with Crippen molar-refractivity contribution in [1.29, 1.82) is 0 Å². The minimum atomic E-state index is 0.0545. The fourth-order valence-corrected chi connectivity index (χ4v) is 1.62. The average Bonchev–Trinajstić information content (AvgIpc) is 2.30. The topological polar surface area (TPSA) is 32.9 Å². The van der Waals surface area contributed by atoms with E-state index in [2.05, 4.69) is 25.8 Å². The summed E-state index contributed by atoms with van der Waals surface area (Å²) in [5.74, 6) is 0. The smallest absolute Gasteiger partial charge is 0.304 e. The second-order valence-electron chi connectivity index (χ2n) is 4.21. The minimum absolute atomic E-state index is 0.0545. The number of hydrogen-bond acceptors (Lipinski definition) is 2. The van der Waals surface area contributed by atoms with Crippen molar-refractivity contribution in [1.82, 2.24) is 4.98 Å². The molecule has 0 spiro atoms. The van der Waals surface area contributed by atoms with Gasteiger partial charge in [-0.2, -0.15) is 0 Å². The Balaban J connectivity index is 2.49. The molecule has 12 heavy (non-hydrogen) atoms. The van der Waals surface area contributed by atoms with Gasteiger partial charge in [-0.3, -0.25) is 4.79 Å². The van der Waals surface area contributed by atoms with E-state index in [1.807, 2.05) is 6.20 Å². The normalized spacial score (nSPS) is 11.9. The molecule has 3 heteroatoms. The summed E-state index contributed by atoms with van der Waals surface area (Å²) in [6.07, 6.45) is 3.95. The van der Waals surface area contributed by atoms with E-state index >= 15 is 0 Å². The summed E-state index contributed by atoms with van der Waals surface area (Å²) in [6.45, 7) is 6.63. The van der Waals surface area contributed by atoms with Gasteiger partial charge in [-0.05, 0) is 18.3 Å². The van der Waals surface area contributed by atoms with Crippen LogP contribution in [0.2, 0.25) is 0 Å². The van der Waals surface area contributed by atoms with Crippen LogP contribution in [0.25, 0.3) is 0 Å². The molecule has 0 radical (unpaired) electrons. The van der Waals surface area contributed by atoms with Gasteiger partial charge in [0.1, 0.15) is 0 Å². The van der Waals surface area contributed by atoms with Crippen LogP contribution in [0.15, 0.2) is 11.0 Å². The third kappa shape index (κ3) is 3.22. The van der Waals surface area contributed by atoms with Gasteiger partial charge in [0.25, 0.3) is 0 Å². The number of thiazole rings is 1. The van der Waals surface area contributed by atoms with Gasteiger partial charge in [0.05, 0.1) is 0 Å². The summed E-state index contributed by atoms with van der Waals surface area (Å²) in [5, 5.41) is 0. The molecule has 0 aliphatic carbocycles. The predicted octanol–water partition coefficient (Wildman–Crippen LogP) is 2.42. The zero-order valence-corrected chi connectivity index (χ0v) is 8.62. The molecular weight excluding hydrogens is 170 g/mol. The summed E-state index contributed by atoms with van der Waals surface area (Å²) >= 11 is 1.32. The molecule has 1 aromatic heterocycles. The molecule has 1 aromatic rings. The molecular formula is C9H15NOS. The van der Waals surface area contributed by atoms with Gasteiger partial charge in [0, 0.05) is 11.1 Å².